The van der Waals surface area contributed by atoms with Gasteiger partial charge in [0.15, 0.2) is 0 Å². The van der Waals surface area contributed by atoms with Crippen LogP contribution in [0.5, 0.6) is 0 Å². The van der Waals surface area contributed by atoms with Crippen molar-refractivity contribution in [2.24, 2.45) is 10.9 Å². The van der Waals surface area contributed by atoms with Gasteiger partial charge in [-0.1, -0.05) is 5.16 Å². The van der Waals surface area contributed by atoms with Gasteiger partial charge in [0.05, 0.1) is 12.1 Å². The molecule has 0 bridgehead atoms. The van der Waals surface area contributed by atoms with Crippen molar-refractivity contribution in [2.45, 2.75) is 13.3 Å². The van der Waals surface area contributed by atoms with Crippen LogP contribution in [0.3, 0.4) is 0 Å². The van der Waals surface area contributed by atoms with E-state index in [1.54, 1.807) is 0 Å². The van der Waals surface area contributed by atoms with Gasteiger partial charge in [0.25, 0.3) is 0 Å². The fourth-order valence-electron chi connectivity index (χ4n) is 1.14. The van der Waals surface area contributed by atoms with Crippen LogP contribution in [0.2, 0.25) is 0 Å². The number of halogens is 2. The first-order valence-electron chi connectivity index (χ1n) is 4.66. The van der Waals surface area contributed by atoms with E-state index in [1.807, 2.05) is 0 Å². The Morgan fingerprint density at radius 2 is 2.12 bits per heavy atom. The van der Waals surface area contributed by atoms with Crippen LogP contribution in [0.25, 0.3) is 0 Å². The third kappa shape index (κ3) is 3.40. The Hall–Kier alpha value is -2.18. The van der Waals surface area contributed by atoms with Gasteiger partial charge < -0.3 is 16.3 Å². The van der Waals surface area contributed by atoms with Crippen LogP contribution in [-0.2, 0) is 4.79 Å². The second-order valence-corrected chi connectivity index (χ2v) is 3.40. The van der Waals surface area contributed by atoms with Crippen LogP contribution in [0.4, 0.5) is 14.5 Å². The molecule has 1 aromatic rings. The molecule has 17 heavy (non-hydrogen) atoms. The lowest BCUT2D eigenvalue weighted by Crippen LogP contribution is -2.22. The Kier molecular flexibility index (Phi) is 3.97. The minimum atomic E-state index is -0.753. The van der Waals surface area contributed by atoms with E-state index in [0.29, 0.717) is 0 Å². The molecule has 0 fully saturated rings. The number of amides is 1. The minimum Gasteiger partial charge on any atom is -0.409 e. The van der Waals surface area contributed by atoms with Crippen LogP contribution >= 0.6 is 0 Å². The predicted molar refractivity (Wildman–Crippen MR) is 57.8 cm³/mol. The standard InChI is InChI=1S/C10H11F2N3O2/c1-5-2-7(12)8(3-6(5)11)14-10(16)4-9(13)15-17/h2-3,17H,4H2,1H3,(H2,13,15)(H,14,16). The zero-order valence-corrected chi connectivity index (χ0v) is 9.00. The van der Waals surface area contributed by atoms with Gasteiger partial charge in [-0.3, -0.25) is 4.79 Å². The predicted octanol–water partition coefficient (Wildman–Crippen LogP) is 1.35. The van der Waals surface area contributed by atoms with E-state index in [4.69, 9.17) is 10.9 Å². The monoisotopic (exact) mass is 243 g/mol. The summed E-state index contributed by atoms with van der Waals surface area (Å²) >= 11 is 0. The average molecular weight is 243 g/mol. The third-order valence-corrected chi connectivity index (χ3v) is 1.99. The maximum Gasteiger partial charge on any atom is 0.232 e. The molecule has 0 saturated heterocycles. The first kappa shape index (κ1) is 12.9. The Morgan fingerprint density at radius 3 is 2.71 bits per heavy atom. The molecule has 0 unspecified atom stereocenters. The molecule has 0 aromatic heterocycles. The van der Waals surface area contributed by atoms with Crippen LogP contribution in [0.1, 0.15) is 12.0 Å². The molecule has 0 saturated carbocycles. The number of hydrogen-bond acceptors (Lipinski definition) is 3. The maximum atomic E-state index is 13.3. The van der Waals surface area contributed by atoms with E-state index in [-0.39, 0.29) is 17.1 Å². The summed E-state index contributed by atoms with van der Waals surface area (Å²) in [7, 11) is 0. The third-order valence-electron chi connectivity index (χ3n) is 1.99. The molecule has 0 radical (unpaired) electrons. The summed E-state index contributed by atoms with van der Waals surface area (Å²) in [5.74, 6) is -2.42. The number of rotatable bonds is 3. The largest absolute Gasteiger partial charge is 0.409 e. The number of carbonyl (C=O) groups is 1. The fraction of sp³-hybridized carbons (Fsp3) is 0.200. The second-order valence-electron chi connectivity index (χ2n) is 3.40. The highest BCUT2D eigenvalue weighted by Gasteiger charge is 2.11. The molecule has 0 atom stereocenters. The Labute approximate surface area is 95.9 Å². The van der Waals surface area contributed by atoms with Crippen molar-refractivity contribution >= 4 is 17.4 Å². The molecule has 0 spiro atoms. The number of amidine groups is 1. The minimum absolute atomic E-state index is 0.136. The van der Waals surface area contributed by atoms with E-state index < -0.39 is 24.0 Å². The molecular weight excluding hydrogens is 232 g/mol. The van der Waals surface area contributed by atoms with E-state index >= 15 is 0 Å². The average Bonchev–Trinajstić information content (AvgIpc) is 2.25. The highest BCUT2D eigenvalue weighted by Crippen LogP contribution is 2.18. The summed E-state index contributed by atoms with van der Waals surface area (Å²) in [6, 6.07) is 1.84. The van der Waals surface area contributed by atoms with Crippen molar-refractivity contribution in [1.82, 2.24) is 0 Å². The molecule has 0 aliphatic carbocycles. The number of nitrogens with one attached hydrogen (secondary N) is 1. The van der Waals surface area contributed by atoms with Crippen molar-refractivity contribution in [2.75, 3.05) is 5.32 Å². The zero-order chi connectivity index (χ0) is 13.0. The second kappa shape index (κ2) is 5.24. The number of carbonyl (C=O) groups excluding carboxylic acids is 1. The van der Waals surface area contributed by atoms with E-state index in [1.165, 1.54) is 6.92 Å². The van der Waals surface area contributed by atoms with Crippen molar-refractivity contribution in [3.05, 3.63) is 29.3 Å². The fourth-order valence-corrected chi connectivity index (χ4v) is 1.14. The number of benzene rings is 1. The van der Waals surface area contributed by atoms with Gasteiger partial charge >= 0.3 is 0 Å². The zero-order valence-electron chi connectivity index (χ0n) is 9.00. The lowest BCUT2D eigenvalue weighted by molar-refractivity contribution is -0.115. The normalized spacial score (nSPS) is 11.4. The maximum absolute atomic E-state index is 13.3. The van der Waals surface area contributed by atoms with Crippen LogP contribution in [0.15, 0.2) is 17.3 Å². The molecule has 4 N–H and O–H groups in total. The van der Waals surface area contributed by atoms with Gasteiger partial charge in [0.1, 0.15) is 17.5 Å². The Balaban J connectivity index is 2.82. The van der Waals surface area contributed by atoms with Crippen molar-refractivity contribution in [3.63, 3.8) is 0 Å². The number of anilines is 1. The van der Waals surface area contributed by atoms with Gasteiger partial charge in [-0.25, -0.2) is 8.78 Å². The molecule has 0 heterocycles. The summed E-state index contributed by atoms with van der Waals surface area (Å²) in [6.07, 6.45) is -0.411. The van der Waals surface area contributed by atoms with Crippen molar-refractivity contribution < 1.29 is 18.8 Å². The lowest BCUT2D eigenvalue weighted by atomic mass is 10.2. The first-order valence-corrected chi connectivity index (χ1v) is 4.66. The number of aryl methyl sites for hydroxylation is 1. The molecule has 1 amide bonds. The summed E-state index contributed by atoms with van der Waals surface area (Å²) in [5.41, 5.74) is 4.94. The Morgan fingerprint density at radius 1 is 1.47 bits per heavy atom. The van der Waals surface area contributed by atoms with Crippen molar-refractivity contribution in [3.8, 4) is 0 Å². The van der Waals surface area contributed by atoms with Crippen molar-refractivity contribution in [1.29, 1.82) is 0 Å². The summed E-state index contributed by atoms with van der Waals surface area (Å²) < 4.78 is 26.4. The number of oxime groups is 1. The van der Waals surface area contributed by atoms with Crippen LogP contribution in [0, 0.1) is 18.6 Å². The van der Waals surface area contributed by atoms with E-state index in [9.17, 15) is 13.6 Å². The highest BCUT2D eigenvalue weighted by atomic mass is 19.1. The molecule has 92 valence electrons. The summed E-state index contributed by atoms with van der Waals surface area (Å²) in [4.78, 5) is 11.3. The highest BCUT2D eigenvalue weighted by molar-refractivity contribution is 6.04. The number of nitrogens with two attached hydrogens (primary N) is 1. The molecule has 7 heteroatoms. The number of hydrogen-bond donors (Lipinski definition) is 3. The molecule has 5 nitrogen and oxygen atoms in total. The molecule has 1 aromatic carbocycles. The van der Waals surface area contributed by atoms with E-state index in [2.05, 4.69) is 10.5 Å². The van der Waals surface area contributed by atoms with Gasteiger partial charge in [-0.2, -0.15) is 0 Å². The van der Waals surface area contributed by atoms with Gasteiger partial charge in [-0.05, 0) is 18.6 Å². The topological polar surface area (TPSA) is 87.7 Å². The first-order chi connectivity index (χ1) is 7.93. The summed E-state index contributed by atoms with van der Waals surface area (Å²) in [5, 5.41) is 12.9. The Bertz CT molecular complexity index is 475. The van der Waals surface area contributed by atoms with Gasteiger partial charge in [0, 0.05) is 6.07 Å². The summed E-state index contributed by atoms with van der Waals surface area (Å²) in [6.45, 7) is 1.40. The number of nitrogens with zero attached hydrogens (tertiary/aromatic N) is 1. The molecule has 1 rings (SSSR count). The molecule has 0 aliphatic rings. The smallest absolute Gasteiger partial charge is 0.232 e. The molecular formula is C10H11F2N3O2. The van der Waals surface area contributed by atoms with Gasteiger partial charge in [-0.15, -0.1) is 0 Å². The SMILES string of the molecule is Cc1cc(F)c(NC(=O)C/C(N)=N/O)cc1F. The van der Waals surface area contributed by atoms with Gasteiger partial charge in [0.2, 0.25) is 5.91 Å². The quantitative estimate of drug-likeness (QED) is 0.324. The van der Waals surface area contributed by atoms with Crippen LogP contribution < -0.4 is 11.1 Å². The van der Waals surface area contributed by atoms with E-state index in [0.717, 1.165) is 12.1 Å². The molecule has 0 aliphatic heterocycles. The van der Waals surface area contributed by atoms with Crippen LogP contribution in [-0.4, -0.2) is 17.0 Å². The lowest BCUT2D eigenvalue weighted by Gasteiger charge is -2.07.